The first-order valence-electron chi connectivity index (χ1n) is 6.53. The Morgan fingerprint density at radius 3 is 2.33 bits per heavy atom. The molecule has 0 radical (unpaired) electrons. The number of para-hydroxylation sites is 1. The largest absolute Gasteiger partial charge is 0.478 e. The van der Waals surface area contributed by atoms with E-state index in [1.165, 1.54) is 12.3 Å². The molecule has 0 aliphatic rings. The molecule has 1 N–H and O–H groups in total. The second-order valence-corrected chi connectivity index (χ2v) is 4.39. The Morgan fingerprint density at radius 2 is 1.81 bits per heavy atom. The normalized spacial score (nSPS) is 13.2. The van der Waals surface area contributed by atoms with Gasteiger partial charge in [0.05, 0.1) is 0 Å². The third-order valence-corrected chi connectivity index (χ3v) is 3.05. The molecule has 0 saturated carbocycles. The summed E-state index contributed by atoms with van der Waals surface area (Å²) in [5.41, 5.74) is -2.06. The molecule has 0 aliphatic heterocycles. The summed E-state index contributed by atoms with van der Waals surface area (Å²) < 4.78 is 5.59. The van der Waals surface area contributed by atoms with Crippen molar-refractivity contribution in [1.82, 2.24) is 4.98 Å². The van der Waals surface area contributed by atoms with E-state index in [9.17, 15) is 14.7 Å². The summed E-state index contributed by atoms with van der Waals surface area (Å²) in [7, 11) is 0. The maximum Gasteiger partial charge on any atom is 0.362 e. The highest BCUT2D eigenvalue weighted by Gasteiger charge is 2.50. The van der Waals surface area contributed by atoms with Gasteiger partial charge in [0.2, 0.25) is 0 Å². The number of ether oxygens (including phenoxy) is 1. The zero-order chi connectivity index (χ0) is 15.3. The van der Waals surface area contributed by atoms with Gasteiger partial charge in [-0.15, -0.1) is 0 Å². The minimum atomic E-state index is -2.13. The molecule has 0 amide bonds. The first-order valence-corrected chi connectivity index (χ1v) is 6.53. The SMILES string of the molecule is CCC(=O)C(Oc1ccccc1)(C(=O)O)c1ccccn1. The van der Waals surface area contributed by atoms with Gasteiger partial charge in [-0.25, -0.2) is 4.79 Å². The zero-order valence-corrected chi connectivity index (χ0v) is 11.5. The van der Waals surface area contributed by atoms with E-state index in [2.05, 4.69) is 4.98 Å². The number of carboxylic acid groups (broad SMARTS) is 1. The van der Waals surface area contributed by atoms with Crippen molar-refractivity contribution in [2.24, 2.45) is 0 Å². The predicted molar refractivity (Wildman–Crippen MR) is 75.9 cm³/mol. The lowest BCUT2D eigenvalue weighted by molar-refractivity contribution is -0.163. The van der Waals surface area contributed by atoms with Gasteiger partial charge in [0, 0.05) is 12.6 Å². The van der Waals surface area contributed by atoms with E-state index in [1.54, 1.807) is 49.4 Å². The van der Waals surface area contributed by atoms with Crippen LogP contribution < -0.4 is 4.74 Å². The van der Waals surface area contributed by atoms with Crippen molar-refractivity contribution in [3.8, 4) is 5.75 Å². The average molecular weight is 285 g/mol. The fourth-order valence-corrected chi connectivity index (χ4v) is 2.01. The summed E-state index contributed by atoms with van der Waals surface area (Å²) in [6.07, 6.45) is 1.46. The number of nitrogens with zero attached hydrogens (tertiary/aromatic N) is 1. The summed E-state index contributed by atoms with van der Waals surface area (Å²) >= 11 is 0. The fourth-order valence-electron chi connectivity index (χ4n) is 2.01. The minimum Gasteiger partial charge on any atom is -0.478 e. The molecule has 5 heteroatoms. The van der Waals surface area contributed by atoms with E-state index in [0.29, 0.717) is 5.75 Å². The van der Waals surface area contributed by atoms with Crippen LogP contribution in [0.15, 0.2) is 54.7 Å². The number of ketones is 1. The average Bonchev–Trinajstić information content (AvgIpc) is 2.53. The van der Waals surface area contributed by atoms with Gasteiger partial charge in [0.15, 0.2) is 5.78 Å². The predicted octanol–water partition coefficient (Wildman–Crippen LogP) is 2.42. The highest BCUT2D eigenvalue weighted by atomic mass is 16.5. The van der Waals surface area contributed by atoms with Crippen LogP contribution in [0.25, 0.3) is 0 Å². The van der Waals surface area contributed by atoms with Crippen LogP contribution in [0.4, 0.5) is 0 Å². The lowest BCUT2D eigenvalue weighted by Crippen LogP contribution is -2.49. The van der Waals surface area contributed by atoms with Crippen molar-refractivity contribution < 1.29 is 19.4 Å². The summed E-state index contributed by atoms with van der Waals surface area (Å²) in [6.45, 7) is 1.59. The second kappa shape index (κ2) is 6.17. The number of pyridine rings is 1. The van der Waals surface area contributed by atoms with Gasteiger partial charge in [-0.3, -0.25) is 9.78 Å². The van der Waals surface area contributed by atoms with Gasteiger partial charge >= 0.3 is 11.6 Å². The summed E-state index contributed by atoms with van der Waals surface area (Å²) in [4.78, 5) is 28.2. The molecule has 1 aromatic carbocycles. The lowest BCUT2D eigenvalue weighted by atomic mass is 9.91. The van der Waals surface area contributed by atoms with Crippen LogP contribution >= 0.6 is 0 Å². The zero-order valence-electron chi connectivity index (χ0n) is 11.5. The van der Waals surface area contributed by atoms with Gasteiger partial charge in [-0.2, -0.15) is 0 Å². The molecular formula is C16H15NO4. The quantitative estimate of drug-likeness (QED) is 0.825. The minimum absolute atomic E-state index is 0.0235. The van der Waals surface area contributed by atoms with Crippen LogP contribution in [0.1, 0.15) is 19.0 Å². The number of rotatable bonds is 6. The van der Waals surface area contributed by atoms with E-state index in [1.807, 2.05) is 0 Å². The number of hydrogen-bond acceptors (Lipinski definition) is 4. The molecule has 0 saturated heterocycles. The molecule has 1 unspecified atom stereocenters. The molecule has 0 fully saturated rings. The number of carbonyl (C=O) groups is 2. The van der Waals surface area contributed by atoms with Crippen LogP contribution in [-0.2, 0) is 15.2 Å². The monoisotopic (exact) mass is 285 g/mol. The molecule has 0 aliphatic carbocycles. The standard InChI is InChI=1S/C16H15NO4/c1-2-14(18)16(15(19)20,13-10-6-7-11-17-13)21-12-8-4-3-5-9-12/h3-11H,2H2,1H3,(H,19,20). The molecule has 2 rings (SSSR count). The van der Waals surface area contributed by atoms with Crippen molar-refractivity contribution in [2.45, 2.75) is 18.9 Å². The lowest BCUT2D eigenvalue weighted by Gasteiger charge is -2.28. The Balaban J connectivity index is 2.57. The molecule has 0 bridgehead atoms. The number of carbonyl (C=O) groups excluding carboxylic acids is 1. The van der Waals surface area contributed by atoms with Crippen LogP contribution in [0.2, 0.25) is 0 Å². The smallest absolute Gasteiger partial charge is 0.362 e. The first-order chi connectivity index (χ1) is 10.1. The topological polar surface area (TPSA) is 76.5 Å². The molecule has 21 heavy (non-hydrogen) atoms. The van der Waals surface area contributed by atoms with E-state index in [0.717, 1.165) is 0 Å². The Bertz CT molecular complexity index is 627. The van der Waals surface area contributed by atoms with Gasteiger partial charge in [-0.1, -0.05) is 31.2 Å². The van der Waals surface area contributed by atoms with E-state index >= 15 is 0 Å². The molecule has 108 valence electrons. The summed E-state index contributed by atoms with van der Waals surface area (Å²) in [5.74, 6) is -1.64. The number of carboxylic acids is 1. The van der Waals surface area contributed by atoms with Crippen LogP contribution in [0, 0.1) is 0 Å². The van der Waals surface area contributed by atoms with Crippen molar-refractivity contribution in [3.63, 3.8) is 0 Å². The van der Waals surface area contributed by atoms with Crippen LogP contribution in [-0.4, -0.2) is 21.8 Å². The van der Waals surface area contributed by atoms with E-state index < -0.39 is 17.4 Å². The maximum absolute atomic E-state index is 12.3. The number of aliphatic carboxylic acids is 1. The molecule has 2 aromatic rings. The molecule has 5 nitrogen and oxygen atoms in total. The third kappa shape index (κ3) is 2.76. The van der Waals surface area contributed by atoms with Crippen LogP contribution in [0.5, 0.6) is 5.75 Å². The van der Waals surface area contributed by atoms with E-state index in [-0.39, 0.29) is 12.1 Å². The molecule has 0 spiro atoms. The molecule has 1 heterocycles. The summed E-state index contributed by atoms with van der Waals surface area (Å²) in [5, 5.41) is 9.65. The Hall–Kier alpha value is -2.69. The number of benzene rings is 1. The molecule has 1 atom stereocenters. The molecule has 1 aromatic heterocycles. The van der Waals surface area contributed by atoms with Crippen LogP contribution in [0.3, 0.4) is 0 Å². The second-order valence-electron chi connectivity index (χ2n) is 4.39. The third-order valence-electron chi connectivity index (χ3n) is 3.05. The number of aromatic nitrogens is 1. The summed E-state index contributed by atoms with van der Waals surface area (Å²) in [6, 6.07) is 13.1. The highest BCUT2D eigenvalue weighted by Crippen LogP contribution is 2.29. The molecular weight excluding hydrogens is 270 g/mol. The Labute approximate surface area is 122 Å². The van der Waals surface area contributed by atoms with Gasteiger partial charge in [0.1, 0.15) is 11.4 Å². The van der Waals surface area contributed by atoms with Gasteiger partial charge in [-0.05, 0) is 24.3 Å². The van der Waals surface area contributed by atoms with Crippen molar-refractivity contribution >= 4 is 11.8 Å². The fraction of sp³-hybridized carbons (Fsp3) is 0.188. The Kier molecular flexibility index (Phi) is 4.33. The van der Waals surface area contributed by atoms with Crippen molar-refractivity contribution in [1.29, 1.82) is 0 Å². The number of Topliss-reactive ketones (excluding diaryl/α,β-unsaturated/α-hetero) is 1. The van der Waals surface area contributed by atoms with Gasteiger partial charge < -0.3 is 9.84 Å². The highest BCUT2D eigenvalue weighted by molar-refractivity contribution is 6.07. The number of hydrogen-bond donors (Lipinski definition) is 1. The van der Waals surface area contributed by atoms with E-state index in [4.69, 9.17) is 4.74 Å². The van der Waals surface area contributed by atoms with Crippen molar-refractivity contribution in [3.05, 3.63) is 60.4 Å². The Morgan fingerprint density at radius 1 is 1.14 bits per heavy atom. The van der Waals surface area contributed by atoms with Crippen molar-refractivity contribution in [2.75, 3.05) is 0 Å². The van der Waals surface area contributed by atoms with Gasteiger partial charge in [0.25, 0.3) is 0 Å². The maximum atomic E-state index is 12.3. The first kappa shape index (κ1) is 14.7.